The van der Waals surface area contributed by atoms with Crippen LogP contribution in [0.5, 0.6) is 11.5 Å². The molecule has 0 saturated heterocycles. The molecule has 0 aromatic heterocycles. The molecule has 0 unspecified atom stereocenters. The highest BCUT2D eigenvalue weighted by Gasteiger charge is 2.22. The van der Waals surface area contributed by atoms with E-state index in [9.17, 15) is 9.59 Å². The normalized spacial score (nSPS) is 10.4. The lowest BCUT2D eigenvalue weighted by Gasteiger charge is -2.22. The van der Waals surface area contributed by atoms with E-state index in [1.165, 1.54) is 4.90 Å². The van der Waals surface area contributed by atoms with Crippen molar-refractivity contribution in [2.45, 2.75) is 18.7 Å². The van der Waals surface area contributed by atoms with Gasteiger partial charge in [0.25, 0.3) is 11.1 Å². The molecule has 0 radical (unpaired) electrons. The lowest BCUT2D eigenvalue weighted by Crippen LogP contribution is -2.30. The van der Waals surface area contributed by atoms with Gasteiger partial charge in [0.2, 0.25) is 0 Å². The van der Waals surface area contributed by atoms with Crippen molar-refractivity contribution in [2.24, 2.45) is 0 Å². The number of methoxy groups -OCH3 is 2. The number of carbonyl (C=O) groups is 2. The first kappa shape index (κ1) is 22.6. The van der Waals surface area contributed by atoms with Gasteiger partial charge in [-0.3, -0.25) is 9.59 Å². The van der Waals surface area contributed by atoms with Gasteiger partial charge in [-0.25, -0.2) is 0 Å². The summed E-state index contributed by atoms with van der Waals surface area (Å²) in [5.74, 6) is 1.18. The van der Waals surface area contributed by atoms with Crippen LogP contribution in [0.4, 0.5) is 4.79 Å². The van der Waals surface area contributed by atoms with E-state index in [2.05, 4.69) is 0 Å². The van der Waals surface area contributed by atoms with Gasteiger partial charge in [0, 0.05) is 32.1 Å². The first-order valence-electron chi connectivity index (χ1n) is 9.41. The van der Waals surface area contributed by atoms with Crippen LogP contribution in [0.2, 0.25) is 0 Å². The van der Waals surface area contributed by atoms with Crippen LogP contribution in [0.15, 0.2) is 41.3 Å². The fraction of sp³-hybridized carbons (Fsp3) is 0.364. The van der Waals surface area contributed by atoms with Crippen LogP contribution in [-0.2, 0) is 0 Å². The van der Waals surface area contributed by atoms with E-state index in [1.807, 2.05) is 44.2 Å². The Morgan fingerprint density at radius 2 is 1.45 bits per heavy atom. The summed E-state index contributed by atoms with van der Waals surface area (Å²) < 4.78 is 10.7. The fourth-order valence-electron chi connectivity index (χ4n) is 2.87. The molecule has 0 bridgehead atoms. The van der Waals surface area contributed by atoms with Crippen molar-refractivity contribution in [3.63, 3.8) is 0 Å². The van der Waals surface area contributed by atoms with Crippen molar-refractivity contribution >= 4 is 22.9 Å². The lowest BCUT2D eigenvalue weighted by atomic mass is 9.98. The second kappa shape index (κ2) is 10.2. The molecule has 0 aliphatic carbocycles. The molecule has 7 heteroatoms. The summed E-state index contributed by atoms with van der Waals surface area (Å²) in [7, 11) is 6.57. The molecule has 2 amide bonds. The Kier molecular flexibility index (Phi) is 7.96. The van der Waals surface area contributed by atoms with E-state index in [0.29, 0.717) is 30.2 Å². The van der Waals surface area contributed by atoms with Gasteiger partial charge in [-0.15, -0.1) is 0 Å². The maximum atomic E-state index is 13.2. The Bertz CT molecular complexity index is 879. The Hall–Kier alpha value is -2.67. The van der Waals surface area contributed by atoms with E-state index in [1.54, 1.807) is 39.3 Å². The maximum Gasteiger partial charge on any atom is 0.285 e. The van der Waals surface area contributed by atoms with Crippen LogP contribution >= 0.6 is 11.8 Å². The van der Waals surface area contributed by atoms with E-state index in [-0.39, 0.29) is 11.1 Å². The molecule has 0 N–H and O–H groups in total. The summed E-state index contributed by atoms with van der Waals surface area (Å²) >= 11 is 1.10. The molecule has 0 atom stereocenters. The summed E-state index contributed by atoms with van der Waals surface area (Å²) in [5, 5.41) is -0.107. The molecule has 0 aliphatic rings. The van der Waals surface area contributed by atoms with Gasteiger partial charge in [0.1, 0.15) is 11.5 Å². The minimum atomic E-state index is -0.107. The van der Waals surface area contributed by atoms with Gasteiger partial charge in [-0.1, -0.05) is 0 Å². The number of hydrogen-bond donors (Lipinski definition) is 0. The van der Waals surface area contributed by atoms with Crippen LogP contribution in [-0.4, -0.2) is 62.4 Å². The second-order valence-corrected chi connectivity index (χ2v) is 7.51. The highest BCUT2D eigenvalue weighted by atomic mass is 32.2. The average molecular weight is 417 g/mol. The molecule has 0 saturated carbocycles. The quantitative estimate of drug-likeness (QED) is 0.616. The molecule has 2 rings (SSSR count). The molecule has 0 aliphatic heterocycles. The third-order valence-electron chi connectivity index (χ3n) is 4.55. The van der Waals surface area contributed by atoms with E-state index in [4.69, 9.17) is 9.47 Å². The first-order valence-corrected chi connectivity index (χ1v) is 10.2. The monoisotopic (exact) mass is 416 g/mol. The highest BCUT2D eigenvalue weighted by Crippen LogP contribution is 2.38. The van der Waals surface area contributed by atoms with Crippen LogP contribution in [0.1, 0.15) is 24.2 Å². The SMILES string of the molecule is CCN(CC)C(=O)c1cc(OC)ccc1-c1ccc(OC)cc1SC(=O)N(C)C. The van der Waals surface area contributed by atoms with Crippen molar-refractivity contribution in [3.05, 3.63) is 42.0 Å². The molecular formula is C22H28N2O4S. The van der Waals surface area contributed by atoms with Crippen molar-refractivity contribution < 1.29 is 19.1 Å². The minimum absolute atomic E-state index is 0.0744. The Labute approximate surface area is 176 Å². The predicted octanol–water partition coefficient (Wildman–Crippen LogP) is 4.63. The number of amides is 2. The van der Waals surface area contributed by atoms with Gasteiger partial charge >= 0.3 is 0 Å². The number of nitrogens with zero attached hydrogens (tertiary/aromatic N) is 2. The topological polar surface area (TPSA) is 59.1 Å². The fourth-order valence-corrected chi connectivity index (χ4v) is 3.70. The molecule has 0 fully saturated rings. The van der Waals surface area contributed by atoms with Crippen molar-refractivity contribution in [2.75, 3.05) is 41.4 Å². The van der Waals surface area contributed by atoms with E-state index >= 15 is 0 Å². The number of thioether (sulfide) groups is 1. The Morgan fingerprint density at radius 3 is 1.97 bits per heavy atom. The van der Waals surface area contributed by atoms with E-state index in [0.717, 1.165) is 27.8 Å². The smallest absolute Gasteiger partial charge is 0.285 e. The molecule has 6 nitrogen and oxygen atoms in total. The van der Waals surface area contributed by atoms with Crippen molar-refractivity contribution in [3.8, 4) is 22.6 Å². The van der Waals surface area contributed by atoms with Gasteiger partial charge < -0.3 is 19.3 Å². The third-order valence-corrected chi connectivity index (χ3v) is 5.65. The zero-order valence-corrected chi connectivity index (χ0v) is 18.6. The average Bonchev–Trinajstić information content (AvgIpc) is 2.73. The number of ether oxygens (including phenoxy) is 2. The molecular weight excluding hydrogens is 388 g/mol. The van der Waals surface area contributed by atoms with Gasteiger partial charge in [0.05, 0.1) is 19.8 Å². The van der Waals surface area contributed by atoms with Crippen LogP contribution in [0.3, 0.4) is 0 Å². The lowest BCUT2D eigenvalue weighted by molar-refractivity contribution is 0.0773. The van der Waals surface area contributed by atoms with Crippen molar-refractivity contribution in [1.82, 2.24) is 9.80 Å². The van der Waals surface area contributed by atoms with Gasteiger partial charge in [-0.05, 0) is 73.1 Å². The molecule has 0 spiro atoms. The summed E-state index contributed by atoms with van der Waals surface area (Å²) in [4.78, 5) is 29.6. The Morgan fingerprint density at radius 1 is 0.897 bits per heavy atom. The van der Waals surface area contributed by atoms with Crippen LogP contribution in [0, 0.1) is 0 Å². The Balaban J connectivity index is 2.66. The number of rotatable bonds is 7. The molecule has 156 valence electrons. The third kappa shape index (κ3) is 5.23. The molecule has 29 heavy (non-hydrogen) atoms. The van der Waals surface area contributed by atoms with Gasteiger partial charge in [0.15, 0.2) is 0 Å². The summed E-state index contributed by atoms with van der Waals surface area (Å²) in [6, 6.07) is 11.0. The number of hydrogen-bond acceptors (Lipinski definition) is 5. The highest BCUT2D eigenvalue weighted by molar-refractivity contribution is 8.13. The molecule has 2 aromatic rings. The predicted molar refractivity (Wildman–Crippen MR) is 117 cm³/mol. The molecule has 0 heterocycles. The zero-order chi connectivity index (χ0) is 21.6. The largest absolute Gasteiger partial charge is 0.497 e. The molecule has 2 aromatic carbocycles. The summed E-state index contributed by atoms with van der Waals surface area (Å²) in [5.41, 5.74) is 2.08. The van der Waals surface area contributed by atoms with Crippen molar-refractivity contribution in [1.29, 1.82) is 0 Å². The maximum absolute atomic E-state index is 13.2. The number of benzene rings is 2. The zero-order valence-electron chi connectivity index (χ0n) is 17.8. The van der Waals surface area contributed by atoms with Crippen LogP contribution < -0.4 is 9.47 Å². The minimum Gasteiger partial charge on any atom is -0.497 e. The summed E-state index contributed by atoms with van der Waals surface area (Å²) in [6.45, 7) is 5.11. The van der Waals surface area contributed by atoms with E-state index < -0.39 is 0 Å². The van der Waals surface area contributed by atoms with Gasteiger partial charge in [-0.2, -0.15) is 0 Å². The second-order valence-electron chi connectivity index (χ2n) is 6.51. The summed E-state index contributed by atoms with van der Waals surface area (Å²) in [6.07, 6.45) is 0. The first-order chi connectivity index (χ1) is 13.9. The number of carbonyl (C=O) groups excluding carboxylic acids is 2. The van der Waals surface area contributed by atoms with Crippen LogP contribution in [0.25, 0.3) is 11.1 Å². The standard InChI is InChI=1S/C22H28N2O4S/c1-7-24(8-2)21(25)19-13-15(27-5)9-11-17(19)18-12-10-16(28-6)14-20(18)29-22(26)23(3)4/h9-14H,7-8H2,1-6H3.